The van der Waals surface area contributed by atoms with Crippen molar-refractivity contribution in [1.82, 2.24) is 10.2 Å². The molecule has 0 saturated carbocycles. The van der Waals surface area contributed by atoms with E-state index in [1.165, 1.54) is 23.1 Å². The highest BCUT2D eigenvalue weighted by Crippen LogP contribution is 2.28. The second-order valence-corrected chi connectivity index (χ2v) is 11.0. The van der Waals surface area contributed by atoms with Gasteiger partial charge in [-0.05, 0) is 68.7 Å². The number of hydrogen-bond donors (Lipinski definition) is 1. The molecule has 9 heteroatoms. The first-order chi connectivity index (χ1) is 17.6. The molecule has 3 rings (SSSR count). The first-order valence-electron chi connectivity index (χ1n) is 12.0. The molecule has 0 aliphatic heterocycles. The second kappa shape index (κ2) is 12.3. The zero-order valence-corrected chi connectivity index (χ0v) is 23.0. The molecule has 0 aliphatic carbocycles. The number of rotatable bonds is 10. The van der Waals surface area contributed by atoms with Gasteiger partial charge in [0.25, 0.3) is 10.0 Å². The van der Waals surface area contributed by atoms with E-state index in [1.807, 2.05) is 38.1 Å². The van der Waals surface area contributed by atoms with E-state index in [4.69, 9.17) is 11.6 Å². The maximum atomic E-state index is 13.8. The van der Waals surface area contributed by atoms with Crippen molar-refractivity contribution in [1.29, 1.82) is 0 Å². The fourth-order valence-corrected chi connectivity index (χ4v) is 5.46. The molecule has 0 aromatic heterocycles. The molecule has 2 amide bonds. The van der Waals surface area contributed by atoms with Gasteiger partial charge in [-0.2, -0.15) is 0 Å². The maximum Gasteiger partial charge on any atom is 0.264 e. The minimum Gasteiger partial charge on any atom is -0.355 e. The third kappa shape index (κ3) is 6.70. The first kappa shape index (κ1) is 28.2. The number of likely N-dealkylation sites (N-methyl/N-ethyl adjacent to an activating group) is 1. The Morgan fingerprint density at radius 2 is 1.59 bits per heavy atom. The molecule has 1 N–H and O–H groups in total. The minimum absolute atomic E-state index is 0.0433. The van der Waals surface area contributed by atoms with Crippen LogP contribution in [0.4, 0.5) is 5.69 Å². The second-order valence-electron chi connectivity index (χ2n) is 8.78. The van der Waals surface area contributed by atoms with Gasteiger partial charge >= 0.3 is 0 Å². The van der Waals surface area contributed by atoms with Crippen molar-refractivity contribution in [2.45, 2.75) is 45.2 Å². The van der Waals surface area contributed by atoms with Crippen molar-refractivity contribution in [3.8, 4) is 0 Å². The van der Waals surface area contributed by atoms with Crippen LogP contribution in [-0.4, -0.2) is 44.3 Å². The Morgan fingerprint density at radius 3 is 2.22 bits per heavy atom. The summed E-state index contributed by atoms with van der Waals surface area (Å²) in [6.07, 6.45) is 0. The highest BCUT2D eigenvalue weighted by Gasteiger charge is 2.32. The van der Waals surface area contributed by atoms with E-state index >= 15 is 0 Å². The number of halogens is 1. The van der Waals surface area contributed by atoms with E-state index in [0.717, 1.165) is 21.0 Å². The van der Waals surface area contributed by atoms with Crippen molar-refractivity contribution in [2.24, 2.45) is 0 Å². The largest absolute Gasteiger partial charge is 0.355 e. The van der Waals surface area contributed by atoms with Gasteiger partial charge in [0.05, 0.1) is 10.6 Å². The number of hydrogen-bond acceptors (Lipinski definition) is 4. The predicted molar refractivity (Wildman–Crippen MR) is 147 cm³/mol. The summed E-state index contributed by atoms with van der Waals surface area (Å²) in [6, 6.07) is 19.5. The van der Waals surface area contributed by atoms with E-state index < -0.39 is 28.5 Å². The maximum absolute atomic E-state index is 13.8. The van der Waals surface area contributed by atoms with Crippen molar-refractivity contribution >= 4 is 39.1 Å². The number of aryl methyl sites for hydroxylation is 2. The van der Waals surface area contributed by atoms with Gasteiger partial charge in [-0.25, -0.2) is 8.42 Å². The molecule has 37 heavy (non-hydrogen) atoms. The van der Waals surface area contributed by atoms with Crippen LogP contribution < -0.4 is 9.62 Å². The Bertz CT molecular complexity index is 1360. The molecule has 0 aliphatic rings. The van der Waals surface area contributed by atoms with Crippen LogP contribution in [0.5, 0.6) is 0 Å². The van der Waals surface area contributed by atoms with E-state index in [0.29, 0.717) is 11.6 Å². The summed E-state index contributed by atoms with van der Waals surface area (Å²) in [4.78, 5) is 28.1. The lowest BCUT2D eigenvalue weighted by atomic mass is 10.1. The van der Waals surface area contributed by atoms with Crippen molar-refractivity contribution in [3.63, 3.8) is 0 Å². The van der Waals surface area contributed by atoms with Gasteiger partial charge in [-0.1, -0.05) is 60.1 Å². The normalized spacial score (nSPS) is 12.0. The minimum atomic E-state index is -4.12. The molecule has 0 radical (unpaired) electrons. The number of amides is 2. The van der Waals surface area contributed by atoms with Crippen molar-refractivity contribution < 1.29 is 18.0 Å². The van der Waals surface area contributed by atoms with Crippen LogP contribution in [0.3, 0.4) is 0 Å². The lowest BCUT2D eigenvalue weighted by Crippen LogP contribution is -2.51. The summed E-state index contributed by atoms with van der Waals surface area (Å²) in [5, 5.41) is 3.13. The summed E-state index contributed by atoms with van der Waals surface area (Å²) in [6.45, 7) is 7.23. The quantitative estimate of drug-likeness (QED) is 0.403. The number of anilines is 1. The average Bonchev–Trinajstić information content (AvgIpc) is 2.88. The van der Waals surface area contributed by atoms with Gasteiger partial charge in [-0.15, -0.1) is 0 Å². The zero-order valence-electron chi connectivity index (χ0n) is 21.4. The Hall–Kier alpha value is -3.36. The molecule has 3 aromatic rings. The lowest BCUT2D eigenvalue weighted by molar-refractivity contribution is -0.139. The van der Waals surface area contributed by atoms with E-state index in [1.54, 1.807) is 44.2 Å². The predicted octanol–water partition coefficient (Wildman–Crippen LogP) is 4.71. The lowest BCUT2D eigenvalue weighted by Gasteiger charge is -2.32. The SMILES string of the molecule is CCNC(=O)[C@@H](C)N(Cc1ccccc1C)C(=O)CN(c1ccc(C)c(Cl)c1)S(=O)(=O)c1ccccc1. The van der Waals surface area contributed by atoms with Crippen LogP contribution in [0.25, 0.3) is 0 Å². The number of benzene rings is 3. The van der Waals surface area contributed by atoms with E-state index in [2.05, 4.69) is 5.32 Å². The molecule has 0 spiro atoms. The van der Waals surface area contributed by atoms with Crippen LogP contribution in [0, 0.1) is 13.8 Å². The fourth-order valence-electron chi connectivity index (χ4n) is 3.86. The molecule has 196 valence electrons. The molecule has 0 unspecified atom stereocenters. The Labute approximate surface area is 224 Å². The Kier molecular flexibility index (Phi) is 9.34. The van der Waals surface area contributed by atoms with Crippen LogP contribution in [0.1, 0.15) is 30.5 Å². The Morgan fingerprint density at radius 1 is 0.946 bits per heavy atom. The summed E-state index contributed by atoms with van der Waals surface area (Å²) >= 11 is 6.33. The number of nitrogens with zero attached hydrogens (tertiary/aromatic N) is 2. The molecule has 3 aromatic carbocycles. The summed E-state index contributed by atoms with van der Waals surface area (Å²) in [7, 11) is -4.12. The van der Waals surface area contributed by atoms with Gasteiger partial charge in [-0.3, -0.25) is 13.9 Å². The summed E-state index contributed by atoms with van der Waals surface area (Å²) < 4.78 is 28.5. The number of sulfonamides is 1. The van der Waals surface area contributed by atoms with Crippen molar-refractivity contribution in [2.75, 3.05) is 17.4 Å². The highest BCUT2D eigenvalue weighted by molar-refractivity contribution is 7.92. The Balaban J connectivity index is 2.05. The molecule has 0 fully saturated rings. The molecule has 7 nitrogen and oxygen atoms in total. The number of nitrogens with one attached hydrogen (secondary N) is 1. The smallest absolute Gasteiger partial charge is 0.264 e. The third-order valence-corrected chi connectivity index (χ3v) is 8.37. The monoisotopic (exact) mass is 541 g/mol. The molecule has 0 saturated heterocycles. The fraction of sp³-hybridized carbons (Fsp3) is 0.286. The van der Waals surface area contributed by atoms with Crippen LogP contribution >= 0.6 is 11.6 Å². The molecule has 0 bridgehead atoms. The highest BCUT2D eigenvalue weighted by atomic mass is 35.5. The van der Waals surface area contributed by atoms with Gasteiger partial charge in [0.2, 0.25) is 11.8 Å². The van der Waals surface area contributed by atoms with E-state index in [9.17, 15) is 18.0 Å². The molecular weight excluding hydrogens is 510 g/mol. The average molecular weight is 542 g/mol. The topological polar surface area (TPSA) is 86.8 Å². The van der Waals surface area contributed by atoms with Crippen molar-refractivity contribution in [3.05, 3.63) is 94.5 Å². The van der Waals surface area contributed by atoms with Crippen LogP contribution in [0.2, 0.25) is 5.02 Å². The van der Waals surface area contributed by atoms with Crippen LogP contribution in [-0.2, 0) is 26.2 Å². The zero-order chi connectivity index (χ0) is 27.2. The van der Waals surface area contributed by atoms with Gasteiger partial charge in [0.15, 0.2) is 0 Å². The molecular formula is C28H32ClN3O4S. The van der Waals surface area contributed by atoms with Gasteiger partial charge in [0, 0.05) is 18.1 Å². The van der Waals surface area contributed by atoms with Gasteiger partial charge < -0.3 is 10.2 Å². The molecule has 1 atom stereocenters. The summed E-state index contributed by atoms with van der Waals surface area (Å²) in [5.41, 5.74) is 2.86. The number of carbonyl (C=O) groups excluding carboxylic acids is 2. The third-order valence-electron chi connectivity index (χ3n) is 6.17. The van der Waals surface area contributed by atoms with E-state index in [-0.39, 0.29) is 23.0 Å². The summed E-state index contributed by atoms with van der Waals surface area (Å²) in [5.74, 6) is -0.835. The first-order valence-corrected chi connectivity index (χ1v) is 13.8. The van der Waals surface area contributed by atoms with Gasteiger partial charge in [0.1, 0.15) is 12.6 Å². The number of carbonyl (C=O) groups is 2. The standard InChI is InChI=1S/C28H32ClN3O4S/c1-5-30-28(34)22(4)31(18-23-12-10-9-11-20(23)2)27(33)19-32(24-16-15-21(3)26(29)17-24)37(35,36)25-13-7-6-8-14-25/h6-17,22H,5,18-19H2,1-4H3,(H,30,34)/t22-/m1/s1. The molecule has 0 heterocycles. The van der Waals surface area contributed by atoms with Crippen LogP contribution in [0.15, 0.2) is 77.7 Å².